The third-order valence-electron chi connectivity index (χ3n) is 6.74. The van der Waals surface area contributed by atoms with Crippen LogP contribution in [0.1, 0.15) is 44.2 Å². The predicted molar refractivity (Wildman–Crippen MR) is 183 cm³/mol. The monoisotopic (exact) mass is 651 g/mol. The number of sulfonamides is 1. The number of phenols is 1. The molecule has 2 aliphatic heterocycles. The van der Waals surface area contributed by atoms with Gasteiger partial charge >= 0.3 is 0 Å². The van der Waals surface area contributed by atoms with Gasteiger partial charge in [0.2, 0.25) is 17.8 Å². The number of hydrogen-bond donors (Lipinski definition) is 7. The van der Waals surface area contributed by atoms with Crippen LogP contribution in [0.5, 0.6) is 11.5 Å². The van der Waals surface area contributed by atoms with Crippen molar-refractivity contribution in [3.8, 4) is 11.5 Å². The van der Waals surface area contributed by atoms with E-state index in [4.69, 9.17) is 9.72 Å². The molecule has 250 valence electrons. The molecule has 0 spiro atoms. The van der Waals surface area contributed by atoms with E-state index >= 15 is 0 Å². The normalized spacial score (nSPS) is 14.3. The molecule has 0 aliphatic carbocycles. The third-order valence-corrected chi connectivity index (χ3v) is 8.10. The van der Waals surface area contributed by atoms with E-state index in [2.05, 4.69) is 29.8 Å². The molecule has 1 aromatic heterocycles. The summed E-state index contributed by atoms with van der Waals surface area (Å²) in [5, 5.41) is 13.8. The van der Waals surface area contributed by atoms with E-state index in [0.717, 1.165) is 51.9 Å². The lowest BCUT2D eigenvalue weighted by Gasteiger charge is -2.30. The molecule has 0 saturated carbocycles. The Bertz CT molecular complexity index is 1370. The molecule has 2 saturated heterocycles. The van der Waals surface area contributed by atoms with Crippen LogP contribution in [0.15, 0.2) is 47.4 Å². The average Bonchev–Trinajstić information content (AvgIpc) is 2.95. The fourth-order valence-electron chi connectivity index (χ4n) is 4.68. The Balaban J connectivity index is -0.000000653. The summed E-state index contributed by atoms with van der Waals surface area (Å²) in [7, 11) is -2.46. The number of aromatic nitrogens is 3. The van der Waals surface area contributed by atoms with Crippen LogP contribution in [-0.2, 0) is 10.0 Å². The largest absolute Gasteiger partial charge is 0.506 e. The van der Waals surface area contributed by atoms with Gasteiger partial charge in [0.15, 0.2) is 0 Å². The van der Waals surface area contributed by atoms with Gasteiger partial charge in [-0.25, -0.2) is 8.42 Å². The number of ether oxygens (including phenoxy) is 1. The lowest BCUT2D eigenvalue weighted by molar-refractivity contribution is 0.413. The lowest BCUT2D eigenvalue weighted by atomic mass is 10.1. The highest BCUT2D eigenvalue weighted by atomic mass is 35.5. The Hall–Kier alpha value is -3.67. The second kappa shape index (κ2) is 17.4. The third kappa shape index (κ3) is 9.67. The minimum absolute atomic E-state index is 0. The first-order chi connectivity index (χ1) is 18.4. The van der Waals surface area contributed by atoms with Crippen LogP contribution in [0.25, 0.3) is 0 Å². The summed E-state index contributed by atoms with van der Waals surface area (Å²) in [5.41, 5.74) is 0.573. The van der Waals surface area contributed by atoms with Gasteiger partial charge < -0.3 is 49.6 Å². The smallest absolute Gasteiger partial charge is 0.262 e. The van der Waals surface area contributed by atoms with E-state index < -0.39 is 10.0 Å². The van der Waals surface area contributed by atoms with Gasteiger partial charge in [-0.1, -0.05) is 6.07 Å². The van der Waals surface area contributed by atoms with Crippen molar-refractivity contribution < 1.29 is 24.0 Å². The van der Waals surface area contributed by atoms with E-state index in [0.29, 0.717) is 29.3 Å². The zero-order valence-electron chi connectivity index (χ0n) is 24.7. The van der Waals surface area contributed by atoms with E-state index in [1.54, 1.807) is 18.2 Å². The lowest BCUT2D eigenvalue weighted by Crippen LogP contribution is -2.34. The standard InChI is InChI=1S/C26H33N7O4S.ClH.4H3N.4H2/c1-37-20-9-8-10-21(18-20)38(35,36)31-22-12-11-19(17-23(22)34)27-24-28-25(32-13-4-2-5-14-32)30-26(29-24)33-15-6-3-7-16-33;;;;;;;;;/h8-12,17-18,31,34H,2-7,13-16H2,1H3,(H,27,28,29,30);1H;4*1H3;4*1H. The Morgan fingerprint density at radius 3 is 1.88 bits per heavy atom. The summed E-state index contributed by atoms with van der Waals surface area (Å²) in [4.78, 5) is 18.6. The molecule has 0 radical (unpaired) electrons. The van der Waals surface area contributed by atoms with Gasteiger partial charge in [0.1, 0.15) is 11.5 Å². The van der Waals surface area contributed by atoms with Gasteiger partial charge in [0.25, 0.3) is 10.0 Å². The molecule has 15 N–H and O–H groups in total. The predicted octanol–water partition coefficient (Wildman–Crippen LogP) is 6.16. The molecule has 2 aromatic carbocycles. The first kappa shape index (κ1) is 39.3. The van der Waals surface area contributed by atoms with Crippen molar-refractivity contribution in [1.29, 1.82) is 0 Å². The minimum atomic E-state index is -3.93. The second-order valence-electron chi connectivity index (χ2n) is 9.50. The van der Waals surface area contributed by atoms with Crippen molar-refractivity contribution in [1.82, 2.24) is 39.6 Å². The van der Waals surface area contributed by atoms with Crippen molar-refractivity contribution in [2.24, 2.45) is 0 Å². The highest BCUT2D eigenvalue weighted by molar-refractivity contribution is 7.92. The molecule has 0 bridgehead atoms. The number of piperidine rings is 2. The van der Waals surface area contributed by atoms with Crippen LogP contribution >= 0.6 is 12.4 Å². The Kier molecular flexibility index (Phi) is 16.0. The average molecular weight is 652 g/mol. The van der Waals surface area contributed by atoms with Crippen LogP contribution in [0.4, 0.5) is 29.2 Å². The summed E-state index contributed by atoms with van der Waals surface area (Å²) in [6.07, 6.45) is 6.84. The van der Waals surface area contributed by atoms with E-state index in [1.807, 2.05) is 0 Å². The summed E-state index contributed by atoms with van der Waals surface area (Å²) in [5.74, 6) is 1.86. The van der Waals surface area contributed by atoms with Crippen molar-refractivity contribution in [2.45, 2.75) is 43.4 Å². The van der Waals surface area contributed by atoms with Gasteiger partial charge in [-0.3, -0.25) is 4.72 Å². The van der Waals surface area contributed by atoms with Crippen LogP contribution < -0.4 is 49.2 Å². The van der Waals surface area contributed by atoms with Crippen molar-refractivity contribution in [2.75, 3.05) is 53.1 Å². The number of halogens is 1. The first-order valence-electron chi connectivity index (χ1n) is 12.9. The second-order valence-corrected chi connectivity index (χ2v) is 11.2. The molecule has 2 aliphatic rings. The molecule has 5 rings (SSSR count). The number of anilines is 5. The minimum Gasteiger partial charge on any atom is -0.506 e. The molecule has 0 amide bonds. The van der Waals surface area contributed by atoms with Crippen molar-refractivity contribution in [3.05, 3.63) is 42.5 Å². The Morgan fingerprint density at radius 1 is 0.814 bits per heavy atom. The maximum absolute atomic E-state index is 12.8. The molecule has 3 aromatic rings. The first-order valence-corrected chi connectivity index (χ1v) is 14.4. The summed E-state index contributed by atoms with van der Waals surface area (Å²) < 4.78 is 33.2. The van der Waals surface area contributed by atoms with Crippen LogP contribution in [0.3, 0.4) is 0 Å². The molecule has 2 fully saturated rings. The SMILES string of the molecule is COc1cccc(S(=O)(=O)Nc2ccc(Nc3nc(N4CCCCC4)nc(N4CCCCC4)n3)cc2O)c1.Cl.N.N.N.N.[HH].[HH].[HH].[HH]. The number of aromatic hydroxyl groups is 1. The van der Waals surface area contributed by atoms with Gasteiger partial charge in [-0.05, 0) is 62.8 Å². The van der Waals surface area contributed by atoms with Gasteiger partial charge in [0.05, 0.1) is 17.7 Å². The van der Waals surface area contributed by atoms with Crippen LogP contribution in [0, 0.1) is 0 Å². The molecule has 43 heavy (non-hydrogen) atoms. The Labute approximate surface area is 265 Å². The topological polar surface area (TPSA) is 273 Å². The van der Waals surface area contributed by atoms with E-state index in [1.165, 1.54) is 44.2 Å². The van der Waals surface area contributed by atoms with E-state index in [9.17, 15) is 13.5 Å². The number of methoxy groups -OCH3 is 1. The number of benzene rings is 2. The van der Waals surface area contributed by atoms with Crippen molar-refractivity contribution in [3.63, 3.8) is 0 Å². The van der Waals surface area contributed by atoms with Gasteiger partial charge in [0, 0.05) is 49.7 Å². The molecule has 17 heteroatoms. The summed E-state index contributed by atoms with van der Waals surface area (Å²) in [6.45, 7) is 3.63. The molecule has 0 unspecified atom stereocenters. The molecule has 3 heterocycles. The molecular formula is C26H54ClN11O4S. The summed E-state index contributed by atoms with van der Waals surface area (Å²) in [6, 6.07) is 10.7. The maximum atomic E-state index is 12.8. The number of nitrogens with zero attached hydrogens (tertiary/aromatic N) is 5. The number of nitrogens with one attached hydrogen (secondary N) is 2. The van der Waals surface area contributed by atoms with E-state index in [-0.39, 0.29) is 59.0 Å². The van der Waals surface area contributed by atoms with Crippen LogP contribution in [0.2, 0.25) is 0 Å². The van der Waals surface area contributed by atoms with Crippen LogP contribution in [-0.4, -0.2) is 61.8 Å². The highest BCUT2D eigenvalue weighted by Crippen LogP contribution is 2.31. The van der Waals surface area contributed by atoms with Gasteiger partial charge in [-0.15, -0.1) is 12.4 Å². The fourth-order valence-corrected chi connectivity index (χ4v) is 5.79. The number of phenolic OH excluding ortho intramolecular Hbond substituents is 1. The molecule has 0 atom stereocenters. The zero-order chi connectivity index (χ0) is 26.5. The Morgan fingerprint density at radius 2 is 1.37 bits per heavy atom. The number of rotatable bonds is 8. The van der Waals surface area contributed by atoms with Gasteiger partial charge in [-0.2, -0.15) is 15.0 Å². The molecular weight excluding hydrogens is 598 g/mol. The number of hydrogen-bond acceptors (Lipinski definition) is 14. The summed E-state index contributed by atoms with van der Waals surface area (Å²) >= 11 is 0. The van der Waals surface area contributed by atoms with Crippen molar-refractivity contribution >= 4 is 51.7 Å². The maximum Gasteiger partial charge on any atom is 0.262 e. The quantitative estimate of drug-likeness (QED) is 0.134. The highest BCUT2D eigenvalue weighted by Gasteiger charge is 2.21. The fraction of sp³-hybridized carbons (Fsp3) is 0.423. The zero-order valence-corrected chi connectivity index (χ0v) is 26.3. The molecule has 15 nitrogen and oxygen atoms in total.